The second-order valence-electron chi connectivity index (χ2n) is 6.38. The molecule has 1 atom stereocenters. The fourth-order valence-corrected chi connectivity index (χ4v) is 4.20. The first-order chi connectivity index (χ1) is 12.1. The Labute approximate surface area is 152 Å². The smallest absolute Gasteiger partial charge is 0.173 e. The predicted octanol–water partition coefficient (Wildman–Crippen LogP) is 3.85. The highest BCUT2D eigenvalue weighted by molar-refractivity contribution is 7.17. The summed E-state index contributed by atoms with van der Waals surface area (Å²) < 4.78 is 1.84. The minimum atomic E-state index is 0.164. The van der Waals surface area contributed by atoms with Gasteiger partial charge < -0.3 is 5.73 Å². The van der Waals surface area contributed by atoms with Crippen molar-refractivity contribution in [3.8, 4) is 10.6 Å². The van der Waals surface area contributed by atoms with Crippen LogP contribution in [0.5, 0.6) is 0 Å². The molecule has 0 spiro atoms. The number of carbonyl (C=O) groups is 1. The van der Waals surface area contributed by atoms with Crippen LogP contribution in [-0.4, -0.2) is 22.1 Å². The van der Waals surface area contributed by atoms with E-state index in [0.717, 1.165) is 27.4 Å². The van der Waals surface area contributed by atoms with Gasteiger partial charge in [0, 0.05) is 19.7 Å². The predicted molar refractivity (Wildman–Crippen MR) is 103 cm³/mol. The van der Waals surface area contributed by atoms with Gasteiger partial charge in [-0.15, -0.1) is 11.3 Å². The molecule has 2 N–H and O–H groups in total. The average Bonchev–Trinajstić information content (AvgIpc) is 3.20. The third-order valence-electron chi connectivity index (χ3n) is 4.42. The number of nitrogens with zero attached hydrogens (tertiary/aromatic N) is 2. The Morgan fingerprint density at radius 1 is 1.28 bits per heavy atom. The number of ketones is 1. The molecule has 5 heteroatoms. The summed E-state index contributed by atoms with van der Waals surface area (Å²) in [5.74, 6) is 0.338. The largest absolute Gasteiger partial charge is 0.330 e. The fourth-order valence-electron chi connectivity index (χ4n) is 3.02. The van der Waals surface area contributed by atoms with Crippen molar-refractivity contribution in [2.45, 2.75) is 19.8 Å². The van der Waals surface area contributed by atoms with E-state index in [-0.39, 0.29) is 11.7 Å². The van der Waals surface area contributed by atoms with Gasteiger partial charge in [-0.05, 0) is 49.1 Å². The van der Waals surface area contributed by atoms with Gasteiger partial charge in [0.05, 0.1) is 15.4 Å². The molecule has 1 aromatic carbocycles. The molecule has 0 bridgehead atoms. The van der Waals surface area contributed by atoms with E-state index in [2.05, 4.69) is 17.2 Å². The molecular formula is C20H23N3OS. The molecule has 3 rings (SSSR count). The number of rotatable bonds is 7. The Morgan fingerprint density at radius 3 is 2.68 bits per heavy atom. The third kappa shape index (κ3) is 4.06. The summed E-state index contributed by atoms with van der Waals surface area (Å²) in [5.41, 5.74) is 9.30. The zero-order valence-electron chi connectivity index (χ0n) is 14.6. The maximum absolute atomic E-state index is 12.8. The highest BCUT2D eigenvalue weighted by Crippen LogP contribution is 2.33. The normalized spacial score (nSPS) is 12.3. The van der Waals surface area contributed by atoms with E-state index in [9.17, 15) is 4.79 Å². The van der Waals surface area contributed by atoms with Crippen LogP contribution < -0.4 is 5.73 Å². The Kier molecular flexibility index (Phi) is 5.46. The van der Waals surface area contributed by atoms with Crippen LogP contribution in [0.25, 0.3) is 10.6 Å². The number of aromatic nitrogens is 2. The van der Waals surface area contributed by atoms with Crippen molar-refractivity contribution >= 4 is 17.1 Å². The van der Waals surface area contributed by atoms with Crippen molar-refractivity contribution in [2.24, 2.45) is 18.7 Å². The molecular weight excluding hydrogens is 330 g/mol. The summed E-state index contributed by atoms with van der Waals surface area (Å²) >= 11 is 1.55. The molecule has 0 aliphatic carbocycles. The zero-order chi connectivity index (χ0) is 17.8. The molecule has 0 saturated carbocycles. The first kappa shape index (κ1) is 17.6. The van der Waals surface area contributed by atoms with E-state index in [1.165, 1.54) is 5.56 Å². The number of hydrogen-bond acceptors (Lipinski definition) is 4. The van der Waals surface area contributed by atoms with E-state index in [4.69, 9.17) is 5.73 Å². The number of hydrogen-bond donors (Lipinski definition) is 1. The van der Waals surface area contributed by atoms with Gasteiger partial charge in [-0.1, -0.05) is 30.3 Å². The Bertz CT molecular complexity index is 851. The number of carbonyl (C=O) groups excluding carboxylic acids is 1. The third-order valence-corrected chi connectivity index (χ3v) is 5.72. The molecule has 4 nitrogen and oxygen atoms in total. The van der Waals surface area contributed by atoms with Gasteiger partial charge in [0.2, 0.25) is 0 Å². The second-order valence-corrected chi connectivity index (χ2v) is 7.43. The summed E-state index contributed by atoms with van der Waals surface area (Å²) in [6.07, 6.45) is 3.10. The van der Waals surface area contributed by atoms with Crippen LogP contribution in [-0.2, 0) is 13.5 Å². The lowest BCUT2D eigenvalue weighted by Crippen LogP contribution is -2.20. The maximum atomic E-state index is 12.8. The summed E-state index contributed by atoms with van der Waals surface area (Å²) in [6, 6.07) is 14.2. The minimum absolute atomic E-state index is 0.164. The minimum Gasteiger partial charge on any atom is -0.330 e. The SMILES string of the molecule is Cc1cc(C(=O)CC(CN)Cc2ccccc2)sc1-c1ccnn1C. The van der Waals surface area contributed by atoms with Crippen LogP contribution in [0, 0.1) is 12.8 Å². The molecule has 0 saturated heterocycles. The first-order valence-corrected chi connectivity index (χ1v) is 9.26. The molecule has 0 amide bonds. The Hall–Kier alpha value is -2.24. The van der Waals surface area contributed by atoms with Gasteiger partial charge in [-0.3, -0.25) is 9.48 Å². The number of aryl methyl sites for hydroxylation is 2. The van der Waals surface area contributed by atoms with Crippen LogP contribution in [0.1, 0.15) is 27.2 Å². The summed E-state index contributed by atoms with van der Waals surface area (Å²) in [7, 11) is 1.92. The molecule has 0 aliphatic rings. The maximum Gasteiger partial charge on any atom is 0.173 e. The van der Waals surface area contributed by atoms with Crippen LogP contribution in [0.4, 0.5) is 0 Å². The Balaban J connectivity index is 1.73. The fraction of sp³-hybridized carbons (Fsp3) is 0.300. The van der Waals surface area contributed by atoms with Gasteiger partial charge in [-0.2, -0.15) is 5.10 Å². The average molecular weight is 353 g/mol. The molecule has 1 unspecified atom stereocenters. The number of benzene rings is 1. The van der Waals surface area contributed by atoms with Crippen LogP contribution in [0.15, 0.2) is 48.7 Å². The van der Waals surface area contributed by atoms with Crippen molar-refractivity contribution in [3.05, 3.63) is 64.7 Å². The highest BCUT2D eigenvalue weighted by atomic mass is 32.1. The standard InChI is InChI=1S/C20H23N3OS/c1-14-10-19(25-20(14)17-8-9-22-23(17)2)18(24)12-16(13-21)11-15-6-4-3-5-7-15/h3-10,16H,11-13,21H2,1-2H3. The van der Waals surface area contributed by atoms with Crippen LogP contribution in [0.3, 0.4) is 0 Å². The van der Waals surface area contributed by atoms with Gasteiger partial charge in [0.15, 0.2) is 5.78 Å². The van der Waals surface area contributed by atoms with Crippen molar-refractivity contribution in [1.29, 1.82) is 0 Å². The topological polar surface area (TPSA) is 60.9 Å². The van der Waals surface area contributed by atoms with Gasteiger partial charge in [-0.25, -0.2) is 0 Å². The summed E-state index contributed by atoms with van der Waals surface area (Å²) in [6.45, 7) is 2.56. The molecule has 25 heavy (non-hydrogen) atoms. The lowest BCUT2D eigenvalue weighted by molar-refractivity contribution is 0.0966. The summed E-state index contributed by atoms with van der Waals surface area (Å²) in [5, 5.41) is 4.22. The van der Waals surface area contributed by atoms with Crippen molar-refractivity contribution in [2.75, 3.05) is 6.54 Å². The van der Waals surface area contributed by atoms with Crippen LogP contribution in [0.2, 0.25) is 0 Å². The van der Waals surface area contributed by atoms with E-state index in [1.54, 1.807) is 17.5 Å². The van der Waals surface area contributed by atoms with Crippen LogP contribution >= 0.6 is 11.3 Å². The lowest BCUT2D eigenvalue weighted by Gasteiger charge is -2.13. The van der Waals surface area contributed by atoms with E-state index < -0.39 is 0 Å². The lowest BCUT2D eigenvalue weighted by atomic mass is 9.94. The number of thiophene rings is 1. The van der Waals surface area contributed by atoms with Crippen molar-refractivity contribution < 1.29 is 4.79 Å². The van der Waals surface area contributed by atoms with Crippen molar-refractivity contribution in [3.63, 3.8) is 0 Å². The van der Waals surface area contributed by atoms with Gasteiger partial charge in [0.1, 0.15) is 0 Å². The molecule has 2 aromatic heterocycles. The number of nitrogens with two attached hydrogens (primary N) is 1. The quantitative estimate of drug-likeness (QED) is 0.656. The van der Waals surface area contributed by atoms with E-state index >= 15 is 0 Å². The van der Waals surface area contributed by atoms with Crippen molar-refractivity contribution in [1.82, 2.24) is 9.78 Å². The van der Waals surface area contributed by atoms with Gasteiger partial charge in [0.25, 0.3) is 0 Å². The molecule has 0 fully saturated rings. The van der Waals surface area contributed by atoms with E-state index in [0.29, 0.717) is 13.0 Å². The molecule has 130 valence electrons. The monoisotopic (exact) mass is 353 g/mol. The van der Waals surface area contributed by atoms with E-state index in [1.807, 2.05) is 49.0 Å². The van der Waals surface area contributed by atoms with Gasteiger partial charge >= 0.3 is 0 Å². The molecule has 3 aromatic rings. The Morgan fingerprint density at radius 2 is 2.04 bits per heavy atom. The number of Topliss-reactive ketones (excluding diaryl/α,β-unsaturated/α-hetero) is 1. The molecule has 0 radical (unpaired) electrons. The highest BCUT2D eigenvalue weighted by Gasteiger charge is 2.19. The summed E-state index contributed by atoms with van der Waals surface area (Å²) in [4.78, 5) is 14.7. The molecule has 2 heterocycles. The molecule has 0 aliphatic heterocycles. The second kappa shape index (κ2) is 7.76. The first-order valence-electron chi connectivity index (χ1n) is 8.44. The zero-order valence-corrected chi connectivity index (χ0v) is 15.4.